The van der Waals surface area contributed by atoms with Gasteiger partial charge >= 0.3 is 0 Å². The number of nitrogens with zero attached hydrogens (tertiary/aromatic N) is 3. The molecule has 0 aromatic heterocycles. The predicted molar refractivity (Wildman–Crippen MR) is 97.2 cm³/mol. The van der Waals surface area contributed by atoms with Crippen LogP contribution in [-0.2, 0) is 14.3 Å². The predicted octanol–water partition coefficient (Wildman–Crippen LogP) is 1.86. The highest BCUT2D eigenvalue weighted by molar-refractivity contribution is 6.00. The number of aliphatic imine (C=N–C) groups is 1. The number of hydrogen-bond acceptors (Lipinski definition) is 7. The van der Waals surface area contributed by atoms with E-state index in [2.05, 4.69) is 22.4 Å². The van der Waals surface area contributed by atoms with Crippen LogP contribution in [0.3, 0.4) is 0 Å². The van der Waals surface area contributed by atoms with Gasteiger partial charge in [0.25, 0.3) is 5.91 Å². The summed E-state index contributed by atoms with van der Waals surface area (Å²) < 4.78 is 11.6. The highest BCUT2D eigenvalue weighted by Gasteiger charge is 2.93. The van der Waals surface area contributed by atoms with Crippen LogP contribution in [-0.4, -0.2) is 30.9 Å². The number of amidine groups is 1. The molecule has 1 saturated carbocycles. The minimum absolute atomic E-state index is 0.0457. The van der Waals surface area contributed by atoms with E-state index in [1.54, 1.807) is 38.1 Å². The van der Waals surface area contributed by atoms with Crippen LogP contribution >= 0.6 is 0 Å². The van der Waals surface area contributed by atoms with E-state index in [4.69, 9.17) is 15.2 Å². The zero-order valence-electron chi connectivity index (χ0n) is 15.4. The zero-order chi connectivity index (χ0) is 19.9. The van der Waals surface area contributed by atoms with Gasteiger partial charge in [0, 0.05) is 31.7 Å². The smallest absolute Gasteiger partial charge is 0.293 e. The van der Waals surface area contributed by atoms with Gasteiger partial charge in [-0.05, 0) is 31.5 Å². The van der Waals surface area contributed by atoms with Crippen molar-refractivity contribution in [2.45, 2.75) is 32.6 Å². The molecule has 1 aliphatic heterocycles. The summed E-state index contributed by atoms with van der Waals surface area (Å²) in [4.78, 5) is 15.5. The second kappa shape index (κ2) is 6.34. The van der Waals surface area contributed by atoms with Crippen molar-refractivity contribution in [3.05, 3.63) is 29.8 Å². The van der Waals surface area contributed by atoms with Crippen LogP contribution in [0.5, 0.6) is 0 Å². The van der Waals surface area contributed by atoms with Gasteiger partial charge in [0.1, 0.15) is 11.3 Å². The van der Waals surface area contributed by atoms with Crippen molar-refractivity contribution in [3.63, 3.8) is 0 Å². The molecular formula is C19H21N5O3. The number of nitrogens with one attached hydrogen (secondary N) is 1. The number of amides is 1. The Morgan fingerprint density at radius 1 is 1.22 bits per heavy atom. The lowest BCUT2D eigenvalue weighted by atomic mass is 9.93. The van der Waals surface area contributed by atoms with Crippen LogP contribution in [0, 0.1) is 33.5 Å². The fraction of sp³-hybridized carbons (Fsp3) is 0.474. The second-order valence-corrected chi connectivity index (χ2v) is 6.52. The number of ether oxygens (including phenoxy) is 2. The summed E-state index contributed by atoms with van der Waals surface area (Å²) in [5.74, 6) is -2.31. The molecule has 1 amide bonds. The maximum absolute atomic E-state index is 11.2. The Bertz CT molecular complexity index is 876. The third kappa shape index (κ3) is 2.21. The van der Waals surface area contributed by atoms with Crippen LogP contribution < -0.4 is 11.1 Å². The van der Waals surface area contributed by atoms with E-state index in [-0.39, 0.29) is 25.0 Å². The third-order valence-electron chi connectivity index (χ3n) is 5.17. The lowest BCUT2D eigenvalue weighted by Gasteiger charge is -2.31. The van der Waals surface area contributed by atoms with Gasteiger partial charge in [0.2, 0.25) is 5.91 Å². The van der Waals surface area contributed by atoms with Crippen LogP contribution in [0.2, 0.25) is 0 Å². The molecule has 0 bridgehead atoms. The van der Waals surface area contributed by atoms with Crippen molar-refractivity contribution in [1.82, 2.24) is 0 Å². The lowest BCUT2D eigenvalue weighted by Crippen LogP contribution is -2.43. The first-order chi connectivity index (χ1) is 12.9. The number of benzene rings is 1. The maximum Gasteiger partial charge on any atom is 0.293 e. The molecule has 3 atom stereocenters. The van der Waals surface area contributed by atoms with Gasteiger partial charge in [-0.25, -0.2) is 4.99 Å². The van der Waals surface area contributed by atoms with Gasteiger partial charge in [-0.2, -0.15) is 10.5 Å². The summed E-state index contributed by atoms with van der Waals surface area (Å²) in [5, 5.41) is 22.8. The second-order valence-electron chi connectivity index (χ2n) is 6.52. The van der Waals surface area contributed by atoms with Gasteiger partial charge in [0.05, 0.1) is 12.1 Å². The number of nitrogens with two attached hydrogens (primary N) is 1. The molecule has 27 heavy (non-hydrogen) atoms. The molecule has 0 saturated heterocycles. The summed E-state index contributed by atoms with van der Waals surface area (Å²) >= 11 is 0. The largest absolute Gasteiger partial charge is 0.386 e. The molecule has 3 rings (SSSR count). The highest BCUT2D eigenvalue weighted by Crippen LogP contribution is 2.81. The fourth-order valence-electron chi connectivity index (χ4n) is 4.21. The Kier molecular flexibility index (Phi) is 4.43. The molecule has 8 heteroatoms. The average molecular weight is 367 g/mol. The van der Waals surface area contributed by atoms with Crippen molar-refractivity contribution in [2.24, 2.45) is 21.6 Å². The lowest BCUT2D eigenvalue weighted by molar-refractivity contribution is -0.255. The molecule has 1 aromatic rings. The maximum atomic E-state index is 11.2. The van der Waals surface area contributed by atoms with E-state index in [0.717, 1.165) is 5.56 Å². The summed E-state index contributed by atoms with van der Waals surface area (Å²) in [6.45, 7) is 5.45. The number of carbonyl (C=O) groups is 1. The number of fused-ring (bicyclic) bond motifs is 1. The molecule has 140 valence electrons. The van der Waals surface area contributed by atoms with E-state index < -0.39 is 22.7 Å². The van der Waals surface area contributed by atoms with Crippen molar-refractivity contribution in [2.75, 3.05) is 18.5 Å². The molecule has 0 radical (unpaired) electrons. The van der Waals surface area contributed by atoms with E-state index in [0.29, 0.717) is 5.69 Å². The number of carbonyl (C=O) groups excluding carboxylic acids is 1. The first kappa shape index (κ1) is 18.8. The monoisotopic (exact) mass is 367 g/mol. The molecule has 0 unspecified atom stereocenters. The Morgan fingerprint density at radius 3 is 2.26 bits per heavy atom. The van der Waals surface area contributed by atoms with Crippen LogP contribution in [0.15, 0.2) is 29.3 Å². The van der Waals surface area contributed by atoms with E-state index in [9.17, 15) is 15.3 Å². The number of rotatable bonds is 6. The van der Waals surface area contributed by atoms with Gasteiger partial charge in [-0.15, -0.1) is 0 Å². The van der Waals surface area contributed by atoms with E-state index in [1.165, 1.54) is 6.92 Å². The van der Waals surface area contributed by atoms with E-state index >= 15 is 0 Å². The topological polar surface area (TPSA) is 134 Å². The molecule has 0 spiro atoms. The van der Waals surface area contributed by atoms with Gasteiger partial charge < -0.3 is 20.5 Å². The molecule has 8 nitrogen and oxygen atoms in total. The van der Waals surface area contributed by atoms with Gasteiger partial charge in [-0.3, -0.25) is 4.79 Å². The molecular weight excluding hydrogens is 346 g/mol. The standard InChI is InChI=1S/C19H21N5O3/c1-4-26-19(27-5-2)18(11-21)15(17(18,10-20)16(22)24-19)13-6-8-14(9-7-13)23-12(3)25/h6-9,15H,4-5H2,1-3H3,(H2,22,24)(H,23,25)/t15-,17+,18+/m1/s1. The summed E-state index contributed by atoms with van der Waals surface area (Å²) in [6.07, 6.45) is 0. The first-order valence-electron chi connectivity index (χ1n) is 8.72. The SMILES string of the molecule is CCOC1(OCC)N=C(N)[C@]2(C#N)[C@@H](c3ccc(NC(C)=O)cc3)[C@]12C#N. The van der Waals surface area contributed by atoms with Gasteiger partial charge in [-0.1, -0.05) is 12.1 Å². The number of nitriles is 2. The van der Waals surface area contributed by atoms with Crippen molar-refractivity contribution < 1.29 is 14.3 Å². The number of hydrogen-bond donors (Lipinski definition) is 2. The van der Waals surface area contributed by atoms with Crippen molar-refractivity contribution in [1.29, 1.82) is 10.5 Å². The first-order valence-corrected chi connectivity index (χ1v) is 8.72. The minimum atomic E-state index is -1.62. The van der Waals surface area contributed by atoms with Crippen molar-refractivity contribution >= 4 is 17.4 Å². The van der Waals surface area contributed by atoms with Crippen LogP contribution in [0.25, 0.3) is 0 Å². The van der Waals surface area contributed by atoms with Crippen molar-refractivity contribution in [3.8, 4) is 12.1 Å². The van der Waals surface area contributed by atoms with Crippen LogP contribution in [0.1, 0.15) is 32.3 Å². The molecule has 1 aliphatic carbocycles. The molecule has 1 heterocycles. The third-order valence-corrected chi connectivity index (χ3v) is 5.17. The quantitative estimate of drug-likeness (QED) is 0.737. The van der Waals surface area contributed by atoms with Crippen LogP contribution in [0.4, 0.5) is 5.69 Å². The Morgan fingerprint density at radius 2 is 1.81 bits per heavy atom. The highest BCUT2D eigenvalue weighted by atomic mass is 16.7. The molecule has 1 aromatic carbocycles. The summed E-state index contributed by atoms with van der Waals surface area (Å²) in [6, 6.07) is 11.4. The Hall–Kier alpha value is -2.94. The average Bonchev–Trinajstić information content (AvgIpc) is 3.21. The normalized spacial score (nSPS) is 29.8. The zero-order valence-corrected chi connectivity index (χ0v) is 15.4. The molecule has 3 N–H and O–H groups in total. The summed E-state index contributed by atoms with van der Waals surface area (Å²) in [7, 11) is 0. The summed E-state index contributed by atoms with van der Waals surface area (Å²) in [5.41, 5.74) is 4.81. The number of anilines is 1. The Labute approximate surface area is 157 Å². The fourth-order valence-corrected chi connectivity index (χ4v) is 4.21. The molecule has 1 fully saturated rings. The van der Waals surface area contributed by atoms with E-state index in [1.807, 2.05) is 0 Å². The molecule has 2 aliphatic rings. The Balaban J connectivity index is 2.10. The van der Waals surface area contributed by atoms with Gasteiger partial charge in [0.15, 0.2) is 5.41 Å². The minimum Gasteiger partial charge on any atom is -0.386 e.